The van der Waals surface area contributed by atoms with Crippen LogP contribution < -0.4 is 20.1 Å². The molecule has 2 aliphatic rings. The van der Waals surface area contributed by atoms with Crippen molar-refractivity contribution >= 4 is 33.6 Å². The Kier molecular flexibility index (Phi) is 6.92. The number of hydrogen-bond acceptors (Lipinski definition) is 7. The monoisotopic (exact) mass is 516 g/mol. The van der Waals surface area contributed by atoms with Crippen molar-refractivity contribution in [3.63, 3.8) is 0 Å². The second-order valence-electron chi connectivity index (χ2n) is 8.70. The van der Waals surface area contributed by atoms with Crippen molar-refractivity contribution in [3.05, 3.63) is 48.0 Å². The summed E-state index contributed by atoms with van der Waals surface area (Å²) in [5, 5.41) is 5.25. The summed E-state index contributed by atoms with van der Waals surface area (Å²) in [7, 11) is -0.618. The van der Waals surface area contributed by atoms with E-state index in [2.05, 4.69) is 10.6 Å². The van der Waals surface area contributed by atoms with E-state index in [-0.39, 0.29) is 4.90 Å². The zero-order chi connectivity index (χ0) is 26.1. The number of carbonyl (C=O) groups excluding carboxylic acids is 3. The summed E-state index contributed by atoms with van der Waals surface area (Å²) < 4.78 is 37.3. The van der Waals surface area contributed by atoms with Crippen LogP contribution in [0, 0.1) is 0 Å². The van der Waals surface area contributed by atoms with E-state index in [0.29, 0.717) is 35.8 Å². The third-order valence-corrected chi connectivity index (χ3v) is 8.29. The van der Waals surface area contributed by atoms with Crippen LogP contribution in [0.1, 0.15) is 25.3 Å². The molecule has 11 nitrogen and oxygen atoms in total. The number of ether oxygens (including phenoxy) is 2. The predicted octanol–water partition coefficient (Wildman–Crippen LogP) is 1.89. The fourth-order valence-electron chi connectivity index (χ4n) is 4.32. The van der Waals surface area contributed by atoms with Gasteiger partial charge in [0, 0.05) is 18.8 Å². The maximum atomic E-state index is 13.2. The summed E-state index contributed by atoms with van der Waals surface area (Å²) in [5.41, 5.74) is -0.589. The van der Waals surface area contributed by atoms with Gasteiger partial charge in [0.15, 0.2) is 11.5 Å². The normalized spacial score (nSPS) is 20.4. The number of sulfonamides is 1. The SMILES string of the molecule is COc1ccc([C@]2(C)NC(=O)N(CC(=O)Nc3ccc(S(=O)(=O)N4CCCC4)cc3)C2=O)cc1OC. The van der Waals surface area contributed by atoms with Gasteiger partial charge in [-0.15, -0.1) is 0 Å². The summed E-state index contributed by atoms with van der Waals surface area (Å²) in [6, 6.07) is 9.94. The van der Waals surface area contributed by atoms with Gasteiger partial charge >= 0.3 is 6.03 Å². The Hall–Kier alpha value is -3.64. The van der Waals surface area contributed by atoms with Crippen LogP contribution >= 0.6 is 0 Å². The van der Waals surface area contributed by atoms with Crippen molar-refractivity contribution in [2.45, 2.75) is 30.2 Å². The number of nitrogens with zero attached hydrogens (tertiary/aromatic N) is 2. The Labute approximate surface area is 209 Å². The van der Waals surface area contributed by atoms with Gasteiger partial charge in [0.25, 0.3) is 5.91 Å². The maximum Gasteiger partial charge on any atom is 0.325 e. The van der Waals surface area contributed by atoms with Gasteiger partial charge in [0.2, 0.25) is 15.9 Å². The summed E-state index contributed by atoms with van der Waals surface area (Å²) in [5.74, 6) is -0.339. The first-order valence-corrected chi connectivity index (χ1v) is 12.8. The molecule has 0 unspecified atom stereocenters. The number of rotatable bonds is 8. The average Bonchev–Trinajstić information content (AvgIpc) is 3.49. The third kappa shape index (κ3) is 4.61. The molecule has 2 heterocycles. The Balaban J connectivity index is 1.44. The predicted molar refractivity (Wildman–Crippen MR) is 130 cm³/mol. The second-order valence-corrected chi connectivity index (χ2v) is 10.6. The average molecular weight is 517 g/mol. The van der Waals surface area contributed by atoms with Gasteiger partial charge < -0.3 is 20.1 Å². The Morgan fingerprint density at radius 1 is 1.03 bits per heavy atom. The maximum absolute atomic E-state index is 13.2. The number of benzene rings is 2. The zero-order valence-electron chi connectivity index (χ0n) is 20.2. The Morgan fingerprint density at radius 2 is 1.67 bits per heavy atom. The van der Waals surface area contributed by atoms with Gasteiger partial charge in [0.05, 0.1) is 19.1 Å². The van der Waals surface area contributed by atoms with Gasteiger partial charge in [-0.2, -0.15) is 4.31 Å². The molecule has 0 bridgehead atoms. The molecule has 4 rings (SSSR count). The molecular formula is C24H28N4O7S. The summed E-state index contributed by atoms with van der Waals surface area (Å²) >= 11 is 0. The van der Waals surface area contributed by atoms with Crippen LogP contribution in [0.15, 0.2) is 47.4 Å². The van der Waals surface area contributed by atoms with Crippen molar-refractivity contribution in [1.82, 2.24) is 14.5 Å². The number of nitrogens with one attached hydrogen (secondary N) is 2. The molecule has 36 heavy (non-hydrogen) atoms. The highest BCUT2D eigenvalue weighted by molar-refractivity contribution is 7.89. The van der Waals surface area contributed by atoms with E-state index in [0.717, 1.165) is 17.7 Å². The highest BCUT2D eigenvalue weighted by Gasteiger charge is 2.49. The van der Waals surface area contributed by atoms with Crippen LogP contribution in [-0.4, -0.2) is 69.3 Å². The van der Waals surface area contributed by atoms with Crippen molar-refractivity contribution in [1.29, 1.82) is 0 Å². The molecule has 0 spiro atoms. The minimum absolute atomic E-state index is 0.141. The molecule has 0 aliphatic carbocycles. The first-order chi connectivity index (χ1) is 17.1. The number of imide groups is 1. The molecule has 2 fully saturated rings. The fourth-order valence-corrected chi connectivity index (χ4v) is 5.83. The quantitative estimate of drug-likeness (QED) is 0.512. The fraction of sp³-hybridized carbons (Fsp3) is 0.375. The van der Waals surface area contributed by atoms with E-state index in [9.17, 15) is 22.8 Å². The lowest BCUT2D eigenvalue weighted by atomic mass is 9.91. The Bertz CT molecular complexity index is 1290. The number of amides is 4. The number of anilines is 1. The minimum atomic E-state index is -3.57. The summed E-state index contributed by atoms with van der Waals surface area (Å²) in [6.45, 7) is 2.03. The minimum Gasteiger partial charge on any atom is -0.493 e. The van der Waals surface area contributed by atoms with Crippen LogP contribution in [0.4, 0.5) is 10.5 Å². The summed E-state index contributed by atoms with van der Waals surface area (Å²) in [4.78, 5) is 39.4. The van der Waals surface area contributed by atoms with Crippen LogP contribution in [0.25, 0.3) is 0 Å². The van der Waals surface area contributed by atoms with E-state index in [4.69, 9.17) is 9.47 Å². The number of carbonyl (C=O) groups is 3. The van der Waals surface area contributed by atoms with E-state index < -0.39 is 40.0 Å². The standard InChI is InChI=1S/C24H28N4O7S/c1-24(16-6-11-19(34-2)20(14-16)35-3)22(30)28(23(31)26-24)15-21(29)25-17-7-9-18(10-8-17)36(32,33)27-12-4-5-13-27/h6-11,14H,4-5,12-13,15H2,1-3H3,(H,25,29)(H,26,31)/t24-/m0/s1. The molecule has 12 heteroatoms. The highest BCUT2D eigenvalue weighted by Crippen LogP contribution is 2.35. The van der Waals surface area contributed by atoms with Crippen molar-refractivity contribution in [3.8, 4) is 11.5 Å². The lowest BCUT2D eigenvalue weighted by Gasteiger charge is -2.23. The largest absolute Gasteiger partial charge is 0.493 e. The van der Waals surface area contributed by atoms with Gasteiger partial charge in [-0.25, -0.2) is 13.2 Å². The van der Waals surface area contributed by atoms with Gasteiger partial charge in [-0.3, -0.25) is 14.5 Å². The van der Waals surface area contributed by atoms with Gasteiger partial charge in [-0.1, -0.05) is 6.07 Å². The van der Waals surface area contributed by atoms with E-state index in [1.54, 1.807) is 25.1 Å². The van der Waals surface area contributed by atoms with Crippen LogP contribution in [-0.2, 0) is 25.2 Å². The highest BCUT2D eigenvalue weighted by atomic mass is 32.2. The molecule has 1 atom stereocenters. The molecule has 4 amide bonds. The first kappa shape index (κ1) is 25.5. The lowest BCUT2D eigenvalue weighted by Crippen LogP contribution is -2.42. The van der Waals surface area contributed by atoms with Gasteiger partial charge in [-0.05, 0) is 61.7 Å². The molecule has 2 aliphatic heterocycles. The molecule has 192 valence electrons. The topological polar surface area (TPSA) is 134 Å². The van der Waals surface area contributed by atoms with Crippen molar-refractivity contribution < 1.29 is 32.3 Å². The molecule has 2 saturated heterocycles. The smallest absolute Gasteiger partial charge is 0.325 e. The molecule has 0 radical (unpaired) electrons. The van der Waals surface area contributed by atoms with Crippen molar-refractivity contribution in [2.24, 2.45) is 0 Å². The molecule has 2 aromatic carbocycles. The van der Waals surface area contributed by atoms with Gasteiger partial charge in [0.1, 0.15) is 12.1 Å². The number of methoxy groups -OCH3 is 2. The van der Waals surface area contributed by atoms with Crippen molar-refractivity contribution in [2.75, 3.05) is 39.2 Å². The molecule has 0 aromatic heterocycles. The van der Waals surface area contributed by atoms with Crippen LogP contribution in [0.3, 0.4) is 0 Å². The molecule has 0 saturated carbocycles. The first-order valence-electron chi connectivity index (χ1n) is 11.4. The number of hydrogen-bond donors (Lipinski definition) is 2. The van der Waals surface area contributed by atoms with Crippen LogP contribution in [0.2, 0.25) is 0 Å². The Morgan fingerprint density at radius 3 is 2.28 bits per heavy atom. The zero-order valence-corrected chi connectivity index (χ0v) is 21.1. The van der Waals surface area contributed by atoms with E-state index in [1.807, 2.05) is 0 Å². The molecule has 2 aromatic rings. The molecular weight excluding hydrogens is 488 g/mol. The molecule has 2 N–H and O–H groups in total. The lowest BCUT2D eigenvalue weighted by molar-refractivity contribution is -0.133. The van der Waals surface area contributed by atoms with E-state index >= 15 is 0 Å². The number of urea groups is 1. The third-order valence-electron chi connectivity index (χ3n) is 6.38. The second kappa shape index (κ2) is 9.78. The van der Waals surface area contributed by atoms with Crippen LogP contribution in [0.5, 0.6) is 11.5 Å². The van der Waals surface area contributed by atoms with E-state index in [1.165, 1.54) is 42.8 Å². The summed E-state index contributed by atoms with van der Waals surface area (Å²) in [6.07, 6.45) is 1.67.